The van der Waals surface area contributed by atoms with Crippen LogP contribution in [0.1, 0.15) is 24.1 Å². The summed E-state index contributed by atoms with van der Waals surface area (Å²) < 4.78 is 16.4. The van der Waals surface area contributed by atoms with E-state index in [-0.39, 0.29) is 18.4 Å². The number of carbonyl (C=O) groups is 1. The van der Waals surface area contributed by atoms with Crippen LogP contribution in [-0.4, -0.2) is 26.2 Å². The molecule has 1 unspecified atom stereocenters. The van der Waals surface area contributed by atoms with Crippen LogP contribution in [0.5, 0.6) is 17.2 Å². The lowest BCUT2D eigenvalue weighted by Crippen LogP contribution is -2.28. The molecule has 0 saturated heterocycles. The van der Waals surface area contributed by atoms with Gasteiger partial charge < -0.3 is 19.5 Å². The van der Waals surface area contributed by atoms with E-state index in [1.807, 2.05) is 49.4 Å². The van der Waals surface area contributed by atoms with Crippen molar-refractivity contribution in [2.75, 3.05) is 20.3 Å². The zero-order valence-electron chi connectivity index (χ0n) is 13.9. The fourth-order valence-corrected chi connectivity index (χ4v) is 2.73. The highest BCUT2D eigenvalue weighted by Gasteiger charge is 2.16. The summed E-state index contributed by atoms with van der Waals surface area (Å²) in [5.74, 6) is 2.14. The quantitative estimate of drug-likeness (QED) is 0.917. The minimum Gasteiger partial charge on any atom is -0.496 e. The second kappa shape index (κ2) is 7.25. The summed E-state index contributed by atoms with van der Waals surface area (Å²) in [5.41, 5.74) is 1.85. The van der Waals surface area contributed by atoms with Gasteiger partial charge in [-0.25, -0.2) is 0 Å². The molecular weight excluding hydrogens is 306 g/mol. The van der Waals surface area contributed by atoms with E-state index in [9.17, 15) is 4.79 Å². The van der Waals surface area contributed by atoms with Crippen LogP contribution in [0.25, 0.3) is 0 Å². The van der Waals surface area contributed by atoms with Crippen molar-refractivity contribution < 1.29 is 19.0 Å². The molecule has 2 aromatic carbocycles. The predicted octanol–water partition coefficient (Wildman–Crippen LogP) is 2.89. The van der Waals surface area contributed by atoms with E-state index in [2.05, 4.69) is 5.32 Å². The Morgan fingerprint density at radius 1 is 1.17 bits per heavy atom. The van der Waals surface area contributed by atoms with Crippen LogP contribution < -0.4 is 19.5 Å². The zero-order valence-corrected chi connectivity index (χ0v) is 13.9. The Bertz CT molecular complexity index is 729. The summed E-state index contributed by atoms with van der Waals surface area (Å²) in [6.45, 7) is 3.06. The highest BCUT2D eigenvalue weighted by Crippen LogP contribution is 2.32. The van der Waals surface area contributed by atoms with Gasteiger partial charge in [-0.2, -0.15) is 0 Å². The number of ether oxygens (including phenoxy) is 3. The van der Waals surface area contributed by atoms with Crippen LogP contribution in [0.2, 0.25) is 0 Å². The highest BCUT2D eigenvalue weighted by molar-refractivity contribution is 5.79. The van der Waals surface area contributed by atoms with Crippen LogP contribution >= 0.6 is 0 Å². The standard InChI is InChI=1S/C19H21NO4/c1-13(14-7-8-17-18(11-14)24-10-9-23-17)20-19(21)12-15-5-3-4-6-16(15)22-2/h3-8,11,13H,9-10,12H2,1-2H3,(H,20,21). The molecular formula is C19H21NO4. The Balaban J connectivity index is 1.66. The first-order valence-corrected chi connectivity index (χ1v) is 7.98. The number of hydrogen-bond donors (Lipinski definition) is 1. The molecule has 5 heteroatoms. The maximum atomic E-state index is 12.3. The Kier molecular flexibility index (Phi) is 4.89. The first-order chi connectivity index (χ1) is 11.7. The van der Waals surface area contributed by atoms with E-state index in [1.54, 1.807) is 7.11 Å². The molecule has 0 aromatic heterocycles. The zero-order chi connectivity index (χ0) is 16.9. The number of rotatable bonds is 5. The molecule has 0 aliphatic carbocycles. The molecule has 126 valence electrons. The lowest BCUT2D eigenvalue weighted by Gasteiger charge is -2.21. The summed E-state index contributed by atoms with van der Waals surface area (Å²) in [4.78, 5) is 12.3. The smallest absolute Gasteiger partial charge is 0.225 e. The van der Waals surface area contributed by atoms with Crippen molar-refractivity contribution >= 4 is 5.91 Å². The average molecular weight is 327 g/mol. The van der Waals surface area contributed by atoms with Crippen molar-refractivity contribution in [3.05, 3.63) is 53.6 Å². The van der Waals surface area contributed by atoms with Gasteiger partial charge in [0.15, 0.2) is 11.5 Å². The lowest BCUT2D eigenvalue weighted by atomic mass is 10.1. The number of para-hydroxylation sites is 1. The molecule has 3 rings (SSSR count). The third-order valence-corrected chi connectivity index (χ3v) is 3.99. The SMILES string of the molecule is COc1ccccc1CC(=O)NC(C)c1ccc2c(c1)OCCO2. The maximum absolute atomic E-state index is 12.3. The van der Waals surface area contributed by atoms with Gasteiger partial charge in [0.2, 0.25) is 5.91 Å². The maximum Gasteiger partial charge on any atom is 0.225 e. The van der Waals surface area contributed by atoms with Crippen molar-refractivity contribution in [1.29, 1.82) is 0 Å². The number of methoxy groups -OCH3 is 1. The Hall–Kier alpha value is -2.69. The molecule has 1 heterocycles. The molecule has 0 bridgehead atoms. The second-order valence-corrected chi connectivity index (χ2v) is 5.68. The number of nitrogens with one attached hydrogen (secondary N) is 1. The molecule has 2 aromatic rings. The van der Waals surface area contributed by atoms with Crippen LogP contribution in [-0.2, 0) is 11.2 Å². The number of amides is 1. The largest absolute Gasteiger partial charge is 0.496 e. The second-order valence-electron chi connectivity index (χ2n) is 5.68. The number of fused-ring (bicyclic) bond motifs is 1. The first-order valence-electron chi connectivity index (χ1n) is 7.98. The summed E-state index contributed by atoms with van der Waals surface area (Å²) in [5, 5.41) is 3.01. The summed E-state index contributed by atoms with van der Waals surface area (Å²) >= 11 is 0. The third-order valence-electron chi connectivity index (χ3n) is 3.99. The van der Waals surface area contributed by atoms with Gasteiger partial charge in [-0.15, -0.1) is 0 Å². The number of benzene rings is 2. The average Bonchev–Trinajstić information content (AvgIpc) is 2.61. The van der Waals surface area contributed by atoms with Crippen LogP contribution in [0.3, 0.4) is 0 Å². The summed E-state index contributed by atoms with van der Waals surface area (Å²) in [6.07, 6.45) is 0.277. The van der Waals surface area contributed by atoms with E-state index in [1.165, 1.54) is 0 Å². The lowest BCUT2D eigenvalue weighted by molar-refractivity contribution is -0.121. The van der Waals surface area contributed by atoms with Crippen molar-refractivity contribution in [2.45, 2.75) is 19.4 Å². The Morgan fingerprint density at radius 2 is 1.92 bits per heavy atom. The summed E-state index contributed by atoms with van der Waals surface area (Å²) in [7, 11) is 1.61. The van der Waals surface area contributed by atoms with Crippen LogP contribution in [0, 0.1) is 0 Å². The fourth-order valence-electron chi connectivity index (χ4n) is 2.73. The topological polar surface area (TPSA) is 56.8 Å². The molecule has 24 heavy (non-hydrogen) atoms. The van der Waals surface area contributed by atoms with Crippen LogP contribution in [0.15, 0.2) is 42.5 Å². The molecule has 1 aliphatic heterocycles. The molecule has 5 nitrogen and oxygen atoms in total. The summed E-state index contributed by atoms with van der Waals surface area (Å²) in [6, 6.07) is 13.2. The van der Waals surface area contributed by atoms with E-state index in [4.69, 9.17) is 14.2 Å². The van der Waals surface area contributed by atoms with E-state index < -0.39 is 0 Å². The molecule has 0 spiro atoms. The van der Waals surface area contributed by atoms with Crippen molar-refractivity contribution in [3.8, 4) is 17.2 Å². The molecule has 0 saturated carbocycles. The van der Waals surface area contributed by atoms with Gasteiger partial charge in [0, 0.05) is 5.56 Å². The van der Waals surface area contributed by atoms with Crippen molar-refractivity contribution in [3.63, 3.8) is 0 Å². The van der Waals surface area contributed by atoms with Gasteiger partial charge in [-0.05, 0) is 30.7 Å². The van der Waals surface area contributed by atoms with Crippen molar-refractivity contribution in [1.82, 2.24) is 5.32 Å². The fraction of sp³-hybridized carbons (Fsp3) is 0.316. The van der Waals surface area contributed by atoms with E-state index in [0.717, 1.165) is 28.4 Å². The molecule has 1 amide bonds. The van der Waals surface area contributed by atoms with E-state index in [0.29, 0.717) is 13.2 Å². The van der Waals surface area contributed by atoms with Crippen molar-refractivity contribution in [2.24, 2.45) is 0 Å². The Labute approximate surface area is 141 Å². The van der Waals surface area contributed by atoms with E-state index >= 15 is 0 Å². The third kappa shape index (κ3) is 3.62. The van der Waals surface area contributed by atoms with Gasteiger partial charge in [-0.1, -0.05) is 24.3 Å². The number of carbonyl (C=O) groups excluding carboxylic acids is 1. The van der Waals surface area contributed by atoms with Gasteiger partial charge in [0.05, 0.1) is 19.6 Å². The van der Waals surface area contributed by atoms with Gasteiger partial charge >= 0.3 is 0 Å². The molecule has 1 aliphatic rings. The van der Waals surface area contributed by atoms with Gasteiger partial charge in [0.25, 0.3) is 0 Å². The molecule has 0 fully saturated rings. The first kappa shape index (κ1) is 16.2. The minimum atomic E-state index is -0.122. The molecule has 0 radical (unpaired) electrons. The number of hydrogen-bond acceptors (Lipinski definition) is 4. The van der Waals surface area contributed by atoms with Crippen LogP contribution in [0.4, 0.5) is 0 Å². The van der Waals surface area contributed by atoms with Gasteiger partial charge in [-0.3, -0.25) is 4.79 Å². The predicted molar refractivity (Wildman–Crippen MR) is 90.7 cm³/mol. The molecule has 1 atom stereocenters. The Morgan fingerprint density at radius 3 is 2.71 bits per heavy atom. The molecule has 1 N–H and O–H groups in total. The minimum absolute atomic E-state index is 0.0538. The normalized spacial score (nSPS) is 13.9. The van der Waals surface area contributed by atoms with Gasteiger partial charge in [0.1, 0.15) is 19.0 Å². The highest BCUT2D eigenvalue weighted by atomic mass is 16.6. The monoisotopic (exact) mass is 327 g/mol.